The van der Waals surface area contributed by atoms with E-state index in [9.17, 15) is 13.2 Å². The molecule has 0 saturated heterocycles. The third kappa shape index (κ3) is 4.52. The van der Waals surface area contributed by atoms with Crippen molar-refractivity contribution in [3.05, 3.63) is 102 Å². The van der Waals surface area contributed by atoms with Crippen LogP contribution < -0.4 is 9.62 Å². The number of anilines is 2. The lowest BCUT2D eigenvalue weighted by Gasteiger charge is -2.27. The molecule has 0 fully saturated rings. The second-order valence-electron chi connectivity index (χ2n) is 7.98. The Morgan fingerprint density at radius 2 is 1.59 bits per heavy atom. The Bertz CT molecular complexity index is 1510. The van der Waals surface area contributed by atoms with Gasteiger partial charge in [-0.15, -0.1) is 6.42 Å². The summed E-state index contributed by atoms with van der Waals surface area (Å²) >= 11 is 0. The van der Waals surface area contributed by atoms with Crippen molar-refractivity contribution in [1.29, 1.82) is 0 Å². The molecule has 4 rings (SSSR count). The number of carbonyl (C=O) groups excluding carboxylic acids is 1. The maximum Gasteiger partial charge on any atom is 0.265 e. The van der Waals surface area contributed by atoms with Crippen molar-refractivity contribution in [1.82, 2.24) is 0 Å². The van der Waals surface area contributed by atoms with Crippen molar-refractivity contribution < 1.29 is 13.2 Å². The number of terminal acetylenes is 1. The van der Waals surface area contributed by atoms with E-state index in [2.05, 4.69) is 11.2 Å². The Hall–Kier alpha value is -4.08. The van der Waals surface area contributed by atoms with Gasteiger partial charge in [-0.3, -0.25) is 9.10 Å². The number of nitrogens with zero attached hydrogens (tertiary/aromatic N) is 1. The SMILES string of the molecule is C#Cc1ccc(NC(=O)CN(c2cccc(C)c2C)S(=O)(=O)c2cccc3ccccc23)cc1. The van der Waals surface area contributed by atoms with Gasteiger partial charge in [-0.25, -0.2) is 8.42 Å². The summed E-state index contributed by atoms with van der Waals surface area (Å²) in [5, 5.41) is 4.18. The maximum atomic E-state index is 14.0. The van der Waals surface area contributed by atoms with Gasteiger partial charge in [0.2, 0.25) is 5.91 Å². The number of sulfonamides is 1. The first-order chi connectivity index (χ1) is 16.3. The van der Waals surface area contributed by atoms with E-state index in [4.69, 9.17) is 6.42 Å². The average molecular weight is 469 g/mol. The van der Waals surface area contributed by atoms with Crippen LogP contribution in [0.25, 0.3) is 10.8 Å². The third-order valence-corrected chi connectivity index (χ3v) is 7.60. The van der Waals surface area contributed by atoms with E-state index in [0.717, 1.165) is 16.5 Å². The van der Waals surface area contributed by atoms with Gasteiger partial charge in [0.1, 0.15) is 6.54 Å². The van der Waals surface area contributed by atoms with Crippen LogP contribution in [0.1, 0.15) is 16.7 Å². The zero-order valence-corrected chi connectivity index (χ0v) is 19.8. The maximum absolute atomic E-state index is 14.0. The van der Waals surface area contributed by atoms with Gasteiger partial charge in [0, 0.05) is 16.6 Å². The van der Waals surface area contributed by atoms with E-state index in [0.29, 0.717) is 22.3 Å². The Morgan fingerprint density at radius 1 is 0.912 bits per heavy atom. The predicted octanol–water partition coefficient (Wildman–Crippen LogP) is 5.27. The molecule has 0 spiro atoms. The van der Waals surface area contributed by atoms with Crippen LogP contribution in [0.15, 0.2) is 89.8 Å². The second kappa shape index (κ2) is 9.42. The highest BCUT2D eigenvalue weighted by atomic mass is 32.2. The average Bonchev–Trinajstić information content (AvgIpc) is 2.84. The minimum Gasteiger partial charge on any atom is -0.325 e. The Balaban J connectivity index is 1.77. The summed E-state index contributed by atoms with van der Waals surface area (Å²) in [7, 11) is -4.07. The van der Waals surface area contributed by atoms with Crippen LogP contribution in [0.2, 0.25) is 0 Å². The summed E-state index contributed by atoms with van der Waals surface area (Å²) in [4.78, 5) is 13.2. The van der Waals surface area contributed by atoms with Crippen LogP contribution in [-0.4, -0.2) is 20.9 Å². The van der Waals surface area contributed by atoms with Crippen molar-refractivity contribution in [2.45, 2.75) is 18.7 Å². The molecule has 0 bridgehead atoms. The molecule has 1 amide bonds. The van der Waals surface area contributed by atoms with E-state index in [-0.39, 0.29) is 11.4 Å². The van der Waals surface area contributed by atoms with E-state index >= 15 is 0 Å². The first-order valence-electron chi connectivity index (χ1n) is 10.7. The van der Waals surface area contributed by atoms with Gasteiger partial charge < -0.3 is 5.32 Å². The molecule has 5 nitrogen and oxygen atoms in total. The first kappa shape index (κ1) is 23.1. The summed E-state index contributed by atoms with van der Waals surface area (Å²) in [6, 6.07) is 24.7. The fourth-order valence-electron chi connectivity index (χ4n) is 3.83. The minimum absolute atomic E-state index is 0.151. The summed E-state index contributed by atoms with van der Waals surface area (Å²) in [6.07, 6.45) is 5.39. The van der Waals surface area contributed by atoms with Crippen LogP contribution >= 0.6 is 0 Å². The quantitative estimate of drug-likeness (QED) is 0.392. The van der Waals surface area contributed by atoms with Gasteiger partial charge >= 0.3 is 0 Å². The van der Waals surface area contributed by atoms with Gasteiger partial charge in [0.05, 0.1) is 10.6 Å². The number of aryl methyl sites for hydroxylation is 1. The number of hydrogen-bond donors (Lipinski definition) is 1. The lowest BCUT2D eigenvalue weighted by Crippen LogP contribution is -2.38. The molecular formula is C28H24N2O3S. The van der Waals surface area contributed by atoms with Gasteiger partial charge in [0.25, 0.3) is 10.0 Å². The smallest absolute Gasteiger partial charge is 0.265 e. The zero-order valence-electron chi connectivity index (χ0n) is 18.9. The Kier molecular flexibility index (Phi) is 6.40. The molecule has 0 radical (unpaired) electrons. The summed E-state index contributed by atoms with van der Waals surface area (Å²) in [5.41, 5.74) is 3.41. The molecule has 0 heterocycles. The number of benzene rings is 4. The van der Waals surface area contributed by atoms with Crippen molar-refractivity contribution in [3.63, 3.8) is 0 Å². The fraction of sp³-hybridized carbons (Fsp3) is 0.107. The van der Waals surface area contributed by atoms with E-state index in [1.807, 2.05) is 38.1 Å². The van der Waals surface area contributed by atoms with Crippen LogP contribution in [0.3, 0.4) is 0 Å². The van der Waals surface area contributed by atoms with Gasteiger partial charge in [-0.2, -0.15) is 0 Å². The van der Waals surface area contributed by atoms with Gasteiger partial charge in [-0.05, 0) is 66.8 Å². The monoisotopic (exact) mass is 468 g/mol. The normalized spacial score (nSPS) is 11.1. The van der Waals surface area contributed by atoms with Crippen molar-refractivity contribution in [2.75, 3.05) is 16.2 Å². The molecule has 1 N–H and O–H groups in total. The number of fused-ring (bicyclic) bond motifs is 1. The molecule has 0 aliphatic heterocycles. The van der Waals surface area contributed by atoms with Crippen LogP contribution in [-0.2, 0) is 14.8 Å². The van der Waals surface area contributed by atoms with Crippen molar-refractivity contribution >= 4 is 38.1 Å². The molecule has 170 valence electrons. The first-order valence-corrected chi connectivity index (χ1v) is 12.2. The minimum atomic E-state index is -4.07. The summed E-state index contributed by atoms with van der Waals surface area (Å²) in [5.74, 6) is 2.07. The summed E-state index contributed by atoms with van der Waals surface area (Å²) in [6.45, 7) is 3.38. The second-order valence-corrected chi connectivity index (χ2v) is 9.81. The molecule has 0 aliphatic rings. The highest BCUT2D eigenvalue weighted by molar-refractivity contribution is 7.93. The molecule has 0 aliphatic carbocycles. The van der Waals surface area contributed by atoms with Gasteiger partial charge in [0.15, 0.2) is 0 Å². The molecule has 4 aromatic rings. The van der Waals surface area contributed by atoms with E-state index in [1.54, 1.807) is 60.7 Å². The van der Waals surface area contributed by atoms with Crippen LogP contribution in [0, 0.1) is 26.2 Å². The van der Waals surface area contributed by atoms with Gasteiger partial charge in [-0.1, -0.05) is 54.5 Å². The van der Waals surface area contributed by atoms with Crippen LogP contribution in [0.4, 0.5) is 11.4 Å². The molecule has 0 unspecified atom stereocenters. The largest absolute Gasteiger partial charge is 0.325 e. The van der Waals surface area contributed by atoms with Crippen molar-refractivity contribution in [3.8, 4) is 12.3 Å². The predicted molar refractivity (Wildman–Crippen MR) is 137 cm³/mol. The molecule has 4 aromatic carbocycles. The molecule has 0 saturated carbocycles. The number of amides is 1. The Labute approximate surface area is 200 Å². The molecule has 34 heavy (non-hydrogen) atoms. The lowest BCUT2D eigenvalue weighted by atomic mass is 10.1. The zero-order chi connectivity index (χ0) is 24.3. The molecular weight excluding hydrogens is 444 g/mol. The number of hydrogen-bond acceptors (Lipinski definition) is 3. The summed E-state index contributed by atoms with van der Waals surface area (Å²) < 4.78 is 29.2. The van der Waals surface area contributed by atoms with Crippen LogP contribution in [0.5, 0.6) is 0 Å². The molecule has 6 heteroatoms. The highest BCUT2D eigenvalue weighted by Gasteiger charge is 2.30. The number of carbonyl (C=O) groups is 1. The number of nitrogens with one attached hydrogen (secondary N) is 1. The van der Waals surface area contributed by atoms with E-state index < -0.39 is 15.9 Å². The fourth-order valence-corrected chi connectivity index (χ4v) is 5.52. The standard InChI is InChI=1S/C28H24N2O3S/c1-4-22-15-17-24(18-16-22)29-28(31)19-30(26-13-7-9-20(2)21(26)3)34(32,33)27-14-8-11-23-10-5-6-12-25(23)27/h1,5-18H,19H2,2-3H3,(H,29,31). The molecule has 0 aromatic heterocycles. The number of rotatable bonds is 6. The van der Waals surface area contributed by atoms with Crippen molar-refractivity contribution in [2.24, 2.45) is 0 Å². The Morgan fingerprint density at radius 3 is 2.32 bits per heavy atom. The lowest BCUT2D eigenvalue weighted by molar-refractivity contribution is -0.114. The molecule has 0 atom stereocenters. The highest BCUT2D eigenvalue weighted by Crippen LogP contribution is 2.32. The third-order valence-electron chi connectivity index (χ3n) is 5.78. The van der Waals surface area contributed by atoms with E-state index in [1.165, 1.54) is 4.31 Å². The topological polar surface area (TPSA) is 66.5 Å².